The summed E-state index contributed by atoms with van der Waals surface area (Å²) < 4.78 is 1.09. The fourth-order valence-electron chi connectivity index (χ4n) is 3.14. The molecule has 1 unspecified atom stereocenters. The standard InChI is InChI=1S/C20H27N3OS2/c1-15(12-23-9-3-4-10-23)11-21-19(24)18-7-5-17(6-8-18)14-26-20-22-16(2)13-25-20/h5-8,13,15H,3-4,9-12,14H2,1-2H3,(H,21,24). The van der Waals surface area contributed by atoms with Crippen LogP contribution in [0.15, 0.2) is 34.0 Å². The van der Waals surface area contributed by atoms with Gasteiger partial charge < -0.3 is 10.2 Å². The van der Waals surface area contributed by atoms with Crippen LogP contribution in [0, 0.1) is 12.8 Å². The molecule has 1 aromatic carbocycles. The SMILES string of the molecule is Cc1csc(SCc2ccc(C(=O)NCC(C)CN3CCCC3)cc2)n1. The molecular formula is C20H27N3OS2. The lowest BCUT2D eigenvalue weighted by Crippen LogP contribution is -2.34. The molecule has 0 aliphatic carbocycles. The first-order valence-electron chi connectivity index (χ1n) is 9.24. The number of benzene rings is 1. The number of rotatable bonds is 8. The Morgan fingerprint density at radius 1 is 1.31 bits per heavy atom. The second-order valence-corrected chi connectivity index (χ2v) is 9.14. The monoisotopic (exact) mass is 389 g/mol. The predicted molar refractivity (Wildman–Crippen MR) is 110 cm³/mol. The van der Waals surface area contributed by atoms with Gasteiger partial charge in [-0.05, 0) is 56.5 Å². The Morgan fingerprint density at radius 2 is 2.04 bits per heavy atom. The second-order valence-electron chi connectivity index (χ2n) is 7.06. The molecule has 1 fully saturated rings. The van der Waals surface area contributed by atoms with Gasteiger partial charge in [0.2, 0.25) is 0 Å². The Bertz CT molecular complexity index is 708. The number of aryl methyl sites for hydroxylation is 1. The van der Waals surface area contributed by atoms with Gasteiger partial charge in [-0.25, -0.2) is 4.98 Å². The lowest BCUT2D eigenvalue weighted by molar-refractivity contribution is 0.0945. The minimum Gasteiger partial charge on any atom is -0.352 e. The predicted octanol–water partition coefficient (Wildman–Crippen LogP) is 4.21. The van der Waals surface area contributed by atoms with Crippen LogP contribution in [0.1, 0.15) is 41.4 Å². The number of likely N-dealkylation sites (tertiary alicyclic amines) is 1. The first-order chi connectivity index (χ1) is 12.6. The van der Waals surface area contributed by atoms with Crippen LogP contribution >= 0.6 is 23.1 Å². The fraction of sp³-hybridized carbons (Fsp3) is 0.500. The van der Waals surface area contributed by atoms with Crippen LogP contribution < -0.4 is 5.32 Å². The maximum absolute atomic E-state index is 12.3. The smallest absolute Gasteiger partial charge is 0.251 e. The van der Waals surface area contributed by atoms with Crippen molar-refractivity contribution >= 4 is 29.0 Å². The highest BCUT2D eigenvalue weighted by atomic mass is 32.2. The highest BCUT2D eigenvalue weighted by Crippen LogP contribution is 2.26. The van der Waals surface area contributed by atoms with Crippen molar-refractivity contribution in [3.63, 3.8) is 0 Å². The van der Waals surface area contributed by atoms with E-state index in [1.807, 2.05) is 31.2 Å². The van der Waals surface area contributed by atoms with Crippen molar-refractivity contribution in [2.75, 3.05) is 26.2 Å². The van der Waals surface area contributed by atoms with E-state index in [1.54, 1.807) is 23.1 Å². The molecular weight excluding hydrogens is 362 g/mol. The summed E-state index contributed by atoms with van der Waals surface area (Å²) in [6.45, 7) is 8.44. The van der Waals surface area contributed by atoms with Crippen molar-refractivity contribution in [3.05, 3.63) is 46.5 Å². The van der Waals surface area contributed by atoms with Gasteiger partial charge in [-0.15, -0.1) is 11.3 Å². The minimum absolute atomic E-state index is 0.0213. The number of amides is 1. The van der Waals surface area contributed by atoms with E-state index in [9.17, 15) is 4.79 Å². The van der Waals surface area contributed by atoms with Gasteiger partial charge in [0, 0.05) is 35.5 Å². The molecule has 1 amide bonds. The summed E-state index contributed by atoms with van der Waals surface area (Å²) in [7, 11) is 0. The van der Waals surface area contributed by atoms with Gasteiger partial charge >= 0.3 is 0 Å². The third-order valence-electron chi connectivity index (χ3n) is 4.56. The minimum atomic E-state index is 0.0213. The maximum atomic E-state index is 12.3. The molecule has 4 nitrogen and oxygen atoms in total. The topological polar surface area (TPSA) is 45.2 Å². The van der Waals surface area contributed by atoms with Gasteiger partial charge in [-0.1, -0.05) is 30.8 Å². The summed E-state index contributed by atoms with van der Waals surface area (Å²) in [4.78, 5) is 19.3. The number of thiazole rings is 1. The van der Waals surface area contributed by atoms with Crippen molar-refractivity contribution in [2.24, 2.45) is 5.92 Å². The number of carbonyl (C=O) groups is 1. The zero-order chi connectivity index (χ0) is 18.4. The van der Waals surface area contributed by atoms with E-state index in [-0.39, 0.29) is 5.91 Å². The Balaban J connectivity index is 1.42. The molecule has 0 bridgehead atoms. The number of hydrogen-bond acceptors (Lipinski definition) is 5. The van der Waals surface area contributed by atoms with E-state index >= 15 is 0 Å². The van der Waals surface area contributed by atoms with Gasteiger partial charge in [0.25, 0.3) is 5.91 Å². The second kappa shape index (κ2) is 9.53. The van der Waals surface area contributed by atoms with Crippen molar-refractivity contribution < 1.29 is 4.79 Å². The molecule has 2 aromatic rings. The molecule has 140 valence electrons. The normalized spacial score (nSPS) is 15.9. The fourth-order valence-corrected chi connectivity index (χ4v) is 4.94. The molecule has 1 N–H and O–H groups in total. The largest absolute Gasteiger partial charge is 0.352 e. The van der Waals surface area contributed by atoms with Crippen molar-refractivity contribution in [3.8, 4) is 0 Å². The third-order valence-corrected chi connectivity index (χ3v) is 6.77. The molecule has 0 radical (unpaired) electrons. The van der Waals surface area contributed by atoms with Crippen molar-refractivity contribution in [1.29, 1.82) is 0 Å². The maximum Gasteiger partial charge on any atom is 0.251 e. The van der Waals surface area contributed by atoms with Gasteiger partial charge in [0.05, 0.1) is 0 Å². The zero-order valence-corrected chi connectivity index (χ0v) is 17.2. The van der Waals surface area contributed by atoms with Crippen molar-refractivity contribution in [2.45, 2.75) is 36.8 Å². The van der Waals surface area contributed by atoms with Crippen LogP contribution in [0.4, 0.5) is 0 Å². The molecule has 2 heterocycles. The number of nitrogens with one attached hydrogen (secondary N) is 1. The molecule has 3 rings (SSSR count). The van der Waals surface area contributed by atoms with Gasteiger partial charge in [-0.2, -0.15) is 0 Å². The van der Waals surface area contributed by atoms with E-state index < -0.39 is 0 Å². The summed E-state index contributed by atoms with van der Waals surface area (Å²) in [5.74, 6) is 1.38. The molecule has 0 spiro atoms. The Kier molecular flexibility index (Phi) is 7.11. The summed E-state index contributed by atoms with van der Waals surface area (Å²) in [5.41, 5.74) is 3.02. The average Bonchev–Trinajstić information content (AvgIpc) is 3.30. The Morgan fingerprint density at radius 3 is 2.69 bits per heavy atom. The molecule has 0 saturated carbocycles. The van der Waals surface area contributed by atoms with Crippen LogP contribution in [0.2, 0.25) is 0 Å². The number of aromatic nitrogens is 1. The molecule has 6 heteroatoms. The first-order valence-corrected chi connectivity index (χ1v) is 11.1. The zero-order valence-electron chi connectivity index (χ0n) is 15.5. The Labute approximate surface area is 164 Å². The van der Waals surface area contributed by atoms with Crippen LogP contribution in [0.25, 0.3) is 0 Å². The van der Waals surface area contributed by atoms with Gasteiger partial charge in [0.15, 0.2) is 0 Å². The van der Waals surface area contributed by atoms with E-state index in [1.165, 1.54) is 31.5 Å². The molecule has 1 aromatic heterocycles. The molecule has 1 aliphatic heterocycles. The lowest BCUT2D eigenvalue weighted by atomic mass is 10.1. The summed E-state index contributed by atoms with van der Waals surface area (Å²) >= 11 is 3.42. The van der Waals surface area contributed by atoms with E-state index in [0.29, 0.717) is 5.92 Å². The summed E-state index contributed by atoms with van der Waals surface area (Å²) in [6.07, 6.45) is 2.62. The highest BCUT2D eigenvalue weighted by molar-refractivity contribution is 8.00. The van der Waals surface area contributed by atoms with Crippen molar-refractivity contribution in [1.82, 2.24) is 15.2 Å². The molecule has 1 aliphatic rings. The van der Waals surface area contributed by atoms with E-state index in [2.05, 4.69) is 27.5 Å². The van der Waals surface area contributed by atoms with E-state index in [0.717, 1.165) is 34.4 Å². The van der Waals surface area contributed by atoms with Gasteiger partial charge in [0.1, 0.15) is 4.34 Å². The first kappa shape index (κ1) is 19.4. The van der Waals surface area contributed by atoms with Crippen LogP contribution in [0.5, 0.6) is 0 Å². The lowest BCUT2D eigenvalue weighted by Gasteiger charge is -2.20. The number of thioether (sulfide) groups is 1. The average molecular weight is 390 g/mol. The molecule has 1 atom stereocenters. The molecule has 1 saturated heterocycles. The van der Waals surface area contributed by atoms with Crippen LogP contribution in [-0.2, 0) is 5.75 Å². The highest BCUT2D eigenvalue weighted by Gasteiger charge is 2.15. The third kappa shape index (κ3) is 5.83. The van der Waals surface area contributed by atoms with E-state index in [4.69, 9.17) is 0 Å². The van der Waals surface area contributed by atoms with Crippen LogP contribution in [-0.4, -0.2) is 42.0 Å². The summed E-state index contributed by atoms with van der Waals surface area (Å²) in [5, 5.41) is 5.14. The van der Waals surface area contributed by atoms with Gasteiger partial charge in [-0.3, -0.25) is 4.79 Å². The van der Waals surface area contributed by atoms with Crippen LogP contribution in [0.3, 0.4) is 0 Å². The number of carbonyl (C=O) groups excluding carboxylic acids is 1. The Hall–Kier alpha value is -1.37. The molecule has 26 heavy (non-hydrogen) atoms. The quantitative estimate of drug-likeness (QED) is 0.687. The number of nitrogens with zero attached hydrogens (tertiary/aromatic N) is 2. The summed E-state index contributed by atoms with van der Waals surface area (Å²) in [6, 6.07) is 7.92. The number of hydrogen-bond donors (Lipinski definition) is 1.